The second-order valence-electron chi connectivity index (χ2n) is 5.03. The van der Waals surface area contributed by atoms with Crippen molar-refractivity contribution in [3.63, 3.8) is 0 Å². The topological polar surface area (TPSA) is 32.3 Å². The van der Waals surface area contributed by atoms with E-state index in [1.54, 1.807) is 0 Å². The quantitative estimate of drug-likeness (QED) is 0.763. The largest absolute Gasteiger partial charge is 0.338 e. The van der Waals surface area contributed by atoms with Gasteiger partial charge in [0.1, 0.15) is 0 Å². The van der Waals surface area contributed by atoms with E-state index in [1.807, 2.05) is 28.4 Å². The lowest BCUT2D eigenvalue weighted by molar-refractivity contribution is 0.197. The minimum Gasteiger partial charge on any atom is -0.338 e. The van der Waals surface area contributed by atoms with Crippen LogP contribution in [0, 0.1) is 5.92 Å². The highest BCUT2D eigenvalue weighted by atomic mass is 32.2. The zero-order valence-corrected chi connectivity index (χ0v) is 13.4. The van der Waals surface area contributed by atoms with Gasteiger partial charge in [-0.1, -0.05) is 13.8 Å². The van der Waals surface area contributed by atoms with Crippen LogP contribution in [0.4, 0.5) is 4.79 Å². The molecular weight excluding hydrogens is 264 g/mol. The number of unbranched alkanes of at least 4 members (excludes halogenated alkanes) is 1. The van der Waals surface area contributed by atoms with Crippen LogP contribution in [0.15, 0.2) is 0 Å². The fraction of sp³-hybridized carbons (Fsp3) is 0.923. The fourth-order valence-electron chi connectivity index (χ4n) is 1.94. The van der Waals surface area contributed by atoms with Crippen LogP contribution in [-0.4, -0.2) is 53.6 Å². The summed E-state index contributed by atoms with van der Waals surface area (Å²) in [6.07, 6.45) is 4.39. The molecule has 0 bridgehead atoms. The van der Waals surface area contributed by atoms with Gasteiger partial charge in [-0.15, -0.1) is 0 Å². The summed E-state index contributed by atoms with van der Waals surface area (Å²) in [6, 6.07) is 0.130. The van der Waals surface area contributed by atoms with Crippen molar-refractivity contribution in [2.75, 3.05) is 37.4 Å². The number of thioether (sulfide) groups is 2. The lowest BCUT2D eigenvalue weighted by Crippen LogP contribution is -2.48. The van der Waals surface area contributed by atoms with Gasteiger partial charge in [-0.3, -0.25) is 0 Å². The predicted molar refractivity (Wildman–Crippen MR) is 83.7 cm³/mol. The number of hydrogen-bond donors (Lipinski definition) is 1. The van der Waals surface area contributed by atoms with E-state index in [-0.39, 0.29) is 6.03 Å². The van der Waals surface area contributed by atoms with E-state index in [1.165, 1.54) is 12.2 Å². The molecule has 2 amide bonds. The summed E-state index contributed by atoms with van der Waals surface area (Å²) < 4.78 is 0. The number of urea groups is 1. The molecule has 18 heavy (non-hydrogen) atoms. The van der Waals surface area contributed by atoms with Gasteiger partial charge >= 0.3 is 6.03 Å². The number of nitrogens with one attached hydrogen (secondary N) is 1. The maximum atomic E-state index is 12.0. The predicted octanol–water partition coefficient (Wildman–Crippen LogP) is 2.91. The van der Waals surface area contributed by atoms with Gasteiger partial charge in [0.15, 0.2) is 0 Å². The highest BCUT2D eigenvalue weighted by Crippen LogP contribution is 2.24. The second-order valence-corrected chi connectivity index (χ2v) is 7.36. The van der Waals surface area contributed by atoms with Gasteiger partial charge in [0.05, 0.1) is 0 Å². The number of hydrogen-bond acceptors (Lipinski definition) is 3. The van der Waals surface area contributed by atoms with Crippen molar-refractivity contribution in [3.05, 3.63) is 0 Å². The summed E-state index contributed by atoms with van der Waals surface area (Å²) in [5.41, 5.74) is 0. The number of rotatable bonds is 6. The Morgan fingerprint density at radius 3 is 2.94 bits per heavy atom. The van der Waals surface area contributed by atoms with Gasteiger partial charge in [-0.2, -0.15) is 23.5 Å². The third-order valence-electron chi connectivity index (χ3n) is 3.18. The maximum Gasteiger partial charge on any atom is 0.317 e. The molecule has 1 rings (SSSR count). The van der Waals surface area contributed by atoms with Crippen LogP contribution in [0.5, 0.6) is 0 Å². The van der Waals surface area contributed by atoms with Crippen molar-refractivity contribution in [1.29, 1.82) is 0 Å². The zero-order chi connectivity index (χ0) is 13.4. The first-order valence-corrected chi connectivity index (χ1v) is 9.22. The standard InChI is InChI=1S/C13H26N2OS2/c1-11(2)12-10-15(7-9-18-12)13(16)14-6-4-5-8-17-3/h11-12H,4-10H2,1-3H3,(H,14,16)/t12-/m1/s1. The van der Waals surface area contributed by atoms with Crippen LogP contribution in [0.1, 0.15) is 26.7 Å². The molecule has 0 aromatic carbocycles. The van der Waals surface area contributed by atoms with Crippen molar-refractivity contribution < 1.29 is 4.79 Å². The summed E-state index contributed by atoms with van der Waals surface area (Å²) in [5.74, 6) is 2.90. The number of amides is 2. The Kier molecular flexibility index (Phi) is 7.98. The van der Waals surface area contributed by atoms with Gasteiger partial charge < -0.3 is 10.2 Å². The van der Waals surface area contributed by atoms with Gasteiger partial charge in [0, 0.05) is 30.6 Å². The van der Waals surface area contributed by atoms with E-state index < -0.39 is 0 Å². The summed E-state index contributed by atoms with van der Waals surface area (Å²) in [7, 11) is 0. The smallest absolute Gasteiger partial charge is 0.317 e. The van der Waals surface area contributed by atoms with Gasteiger partial charge in [-0.05, 0) is 30.8 Å². The first kappa shape index (κ1) is 16.0. The van der Waals surface area contributed by atoms with Crippen LogP contribution < -0.4 is 5.32 Å². The number of nitrogens with zero attached hydrogens (tertiary/aromatic N) is 1. The molecule has 0 aliphatic carbocycles. The van der Waals surface area contributed by atoms with Crippen LogP contribution in [0.2, 0.25) is 0 Å². The van der Waals surface area contributed by atoms with Crippen molar-refractivity contribution in [1.82, 2.24) is 10.2 Å². The first-order chi connectivity index (χ1) is 8.65. The summed E-state index contributed by atoms with van der Waals surface area (Å²) in [5, 5.41) is 3.64. The lowest BCUT2D eigenvalue weighted by Gasteiger charge is -2.34. The normalized spacial score (nSPS) is 20.2. The van der Waals surface area contributed by atoms with E-state index in [2.05, 4.69) is 25.4 Å². The third-order valence-corrected chi connectivity index (χ3v) is 5.41. The molecular formula is C13H26N2OS2. The lowest BCUT2D eigenvalue weighted by atomic mass is 10.1. The second kappa shape index (κ2) is 8.97. The third kappa shape index (κ3) is 5.74. The number of carbonyl (C=O) groups is 1. The Balaban J connectivity index is 2.20. The zero-order valence-electron chi connectivity index (χ0n) is 11.8. The molecule has 1 fully saturated rings. The molecule has 3 nitrogen and oxygen atoms in total. The van der Waals surface area contributed by atoms with E-state index in [4.69, 9.17) is 0 Å². The monoisotopic (exact) mass is 290 g/mol. The SMILES string of the molecule is CSCCCCNC(=O)N1CCS[C@@H](C(C)C)C1. The van der Waals surface area contributed by atoms with Crippen LogP contribution in [0.3, 0.4) is 0 Å². The Morgan fingerprint density at radius 2 is 2.28 bits per heavy atom. The van der Waals surface area contributed by atoms with E-state index in [0.29, 0.717) is 11.2 Å². The summed E-state index contributed by atoms with van der Waals surface area (Å²) in [4.78, 5) is 14.0. The molecule has 0 saturated carbocycles. The molecule has 1 aliphatic heterocycles. The van der Waals surface area contributed by atoms with Crippen molar-refractivity contribution in [2.45, 2.75) is 31.9 Å². The summed E-state index contributed by atoms with van der Waals surface area (Å²) in [6.45, 7) is 7.09. The average Bonchev–Trinajstić information content (AvgIpc) is 2.38. The molecule has 1 heterocycles. The molecule has 1 saturated heterocycles. The number of carbonyl (C=O) groups excluding carboxylic acids is 1. The Morgan fingerprint density at radius 1 is 1.50 bits per heavy atom. The Hall–Kier alpha value is -0.0300. The fourth-order valence-corrected chi connectivity index (χ4v) is 3.73. The molecule has 0 unspecified atom stereocenters. The molecule has 1 atom stereocenters. The van der Waals surface area contributed by atoms with Crippen molar-refractivity contribution in [3.8, 4) is 0 Å². The van der Waals surface area contributed by atoms with Crippen molar-refractivity contribution in [2.24, 2.45) is 5.92 Å². The minimum absolute atomic E-state index is 0.130. The summed E-state index contributed by atoms with van der Waals surface area (Å²) >= 11 is 3.87. The van der Waals surface area contributed by atoms with Crippen LogP contribution in [0.25, 0.3) is 0 Å². The van der Waals surface area contributed by atoms with Gasteiger partial charge in [0.2, 0.25) is 0 Å². The van der Waals surface area contributed by atoms with Crippen LogP contribution in [-0.2, 0) is 0 Å². The molecule has 0 aromatic rings. The minimum atomic E-state index is 0.130. The van der Waals surface area contributed by atoms with Gasteiger partial charge in [-0.25, -0.2) is 4.79 Å². The molecule has 106 valence electrons. The maximum absolute atomic E-state index is 12.0. The van der Waals surface area contributed by atoms with E-state index >= 15 is 0 Å². The molecule has 1 aliphatic rings. The molecule has 5 heteroatoms. The Labute approximate surface area is 120 Å². The molecule has 0 spiro atoms. The highest BCUT2D eigenvalue weighted by Gasteiger charge is 2.25. The van der Waals surface area contributed by atoms with Crippen LogP contribution >= 0.6 is 23.5 Å². The average molecular weight is 290 g/mol. The van der Waals surface area contributed by atoms with E-state index in [9.17, 15) is 4.79 Å². The van der Waals surface area contributed by atoms with E-state index in [0.717, 1.165) is 31.8 Å². The molecule has 0 radical (unpaired) electrons. The first-order valence-electron chi connectivity index (χ1n) is 6.78. The van der Waals surface area contributed by atoms with Gasteiger partial charge in [0.25, 0.3) is 0 Å². The van der Waals surface area contributed by atoms with Crippen molar-refractivity contribution >= 4 is 29.6 Å². The Bertz CT molecular complexity index is 249. The molecule has 0 aromatic heterocycles. The highest BCUT2D eigenvalue weighted by molar-refractivity contribution is 8.00. The molecule has 1 N–H and O–H groups in total.